The lowest BCUT2D eigenvalue weighted by Gasteiger charge is -2.24. The number of ether oxygens (including phenoxy) is 1. The molecule has 1 amide bonds. The summed E-state index contributed by atoms with van der Waals surface area (Å²) >= 11 is 0. The van der Waals surface area contributed by atoms with Gasteiger partial charge in [-0.05, 0) is 24.6 Å². The first-order valence-electron chi connectivity index (χ1n) is 7.12. The van der Waals surface area contributed by atoms with Gasteiger partial charge in [0.05, 0.1) is 13.2 Å². The zero-order valence-corrected chi connectivity index (χ0v) is 13.5. The van der Waals surface area contributed by atoms with E-state index in [-0.39, 0.29) is 18.1 Å². The maximum absolute atomic E-state index is 12.3. The molecule has 1 aromatic carbocycles. The summed E-state index contributed by atoms with van der Waals surface area (Å²) in [5, 5.41) is 3.28. The third-order valence-electron chi connectivity index (χ3n) is 3.66. The molecule has 116 valence electrons. The molecule has 0 bridgehead atoms. The molecule has 1 heterocycles. The molecular formula is C15H22N2O3S. The van der Waals surface area contributed by atoms with Crippen LogP contribution in [0.5, 0.6) is 5.75 Å². The van der Waals surface area contributed by atoms with Gasteiger partial charge >= 0.3 is 0 Å². The van der Waals surface area contributed by atoms with Gasteiger partial charge in [-0.2, -0.15) is 0 Å². The van der Waals surface area contributed by atoms with E-state index in [1.54, 1.807) is 12.0 Å². The van der Waals surface area contributed by atoms with Crippen LogP contribution in [0, 0.1) is 0 Å². The number of nitrogens with zero attached hydrogens (tertiary/aromatic N) is 1. The van der Waals surface area contributed by atoms with Crippen LogP contribution in [-0.2, 0) is 15.6 Å². The Labute approximate surface area is 128 Å². The highest BCUT2D eigenvalue weighted by atomic mass is 32.2. The summed E-state index contributed by atoms with van der Waals surface area (Å²) in [6.07, 6.45) is -0.184. The van der Waals surface area contributed by atoms with Gasteiger partial charge in [0.1, 0.15) is 11.9 Å². The second-order valence-corrected chi connectivity index (χ2v) is 6.90. The van der Waals surface area contributed by atoms with Gasteiger partial charge in [0.25, 0.3) is 0 Å². The van der Waals surface area contributed by atoms with Crippen molar-refractivity contribution in [3.63, 3.8) is 0 Å². The van der Waals surface area contributed by atoms with Crippen LogP contribution >= 0.6 is 0 Å². The molecule has 1 N–H and O–H groups in total. The van der Waals surface area contributed by atoms with Crippen molar-refractivity contribution in [3.05, 3.63) is 29.8 Å². The number of benzene rings is 1. The van der Waals surface area contributed by atoms with Crippen LogP contribution in [0.4, 0.5) is 0 Å². The van der Waals surface area contributed by atoms with Crippen LogP contribution < -0.4 is 10.1 Å². The maximum atomic E-state index is 12.3. The number of rotatable bonds is 6. The summed E-state index contributed by atoms with van der Waals surface area (Å²) in [6.45, 7) is 4.24. The Morgan fingerprint density at radius 1 is 1.43 bits per heavy atom. The average Bonchev–Trinajstić information content (AvgIpc) is 2.80. The summed E-state index contributed by atoms with van der Waals surface area (Å²) < 4.78 is 16.9. The van der Waals surface area contributed by atoms with E-state index in [0.29, 0.717) is 18.1 Å². The van der Waals surface area contributed by atoms with Gasteiger partial charge in [-0.3, -0.25) is 14.3 Å². The van der Waals surface area contributed by atoms with E-state index in [4.69, 9.17) is 4.74 Å². The molecule has 0 spiro atoms. The lowest BCUT2D eigenvalue weighted by molar-refractivity contribution is -0.129. The van der Waals surface area contributed by atoms with Crippen molar-refractivity contribution in [2.24, 2.45) is 0 Å². The summed E-state index contributed by atoms with van der Waals surface area (Å²) in [7, 11) is 0.749. The molecule has 0 aliphatic carbocycles. The average molecular weight is 310 g/mol. The molecule has 3 atom stereocenters. The van der Waals surface area contributed by atoms with Crippen molar-refractivity contribution < 1.29 is 13.7 Å². The first-order chi connectivity index (χ1) is 10.1. The fourth-order valence-electron chi connectivity index (χ4n) is 2.45. The van der Waals surface area contributed by atoms with Gasteiger partial charge in [0, 0.05) is 28.9 Å². The summed E-state index contributed by atoms with van der Waals surface area (Å²) in [5.74, 6) is 1.95. The van der Waals surface area contributed by atoms with Crippen molar-refractivity contribution in [3.8, 4) is 5.75 Å². The van der Waals surface area contributed by atoms with Crippen LogP contribution in [0.3, 0.4) is 0 Å². The van der Waals surface area contributed by atoms with Crippen LogP contribution in [0.2, 0.25) is 0 Å². The third-order valence-corrected chi connectivity index (χ3v) is 4.95. The monoisotopic (exact) mass is 310 g/mol. The second-order valence-electron chi connectivity index (χ2n) is 5.03. The van der Waals surface area contributed by atoms with E-state index in [1.807, 2.05) is 38.1 Å². The fourth-order valence-corrected chi connectivity index (χ4v) is 3.13. The van der Waals surface area contributed by atoms with E-state index in [9.17, 15) is 9.00 Å². The minimum atomic E-state index is -0.873. The summed E-state index contributed by atoms with van der Waals surface area (Å²) in [5.41, 5.74) is 0.981. The van der Waals surface area contributed by atoms with E-state index in [1.165, 1.54) is 0 Å². The molecule has 1 aliphatic heterocycles. The molecule has 1 aromatic rings. The van der Waals surface area contributed by atoms with Gasteiger partial charge in [-0.15, -0.1) is 0 Å². The fraction of sp³-hybridized carbons (Fsp3) is 0.533. The summed E-state index contributed by atoms with van der Waals surface area (Å²) in [6, 6.07) is 7.45. The Morgan fingerprint density at radius 3 is 2.86 bits per heavy atom. The quantitative estimate of drug-likeness (QED) is 0.860. The van der Waals surface area contributed by atoms with Crippen molar-refractivity contribution in [1.82, 2.24) is 10.2 Å². The van der Waals surface area contributed by atoms with E-state index >= 15 is 0 Å². The highest BCUT2D eigenvalue weighted by Crippen LogP contribution is 2.27. The topological polar surface area (TPSA) is 58.6 Å². The number of methoxy groups -OCH3 is 1. The zero-order valence-electron chi connectivity index (χ0n) is 12.7. The Balaban J connectivity index is 2.18. The minimum Gasteiger partial charge on any atom is -0.497 e. The van der Waals surface area contributed by atoms with Crippen molar-refractivity contribution in [1.29, 1.82) is 0 Å². The molecule has 1 fully saturated rings. The van der Waals surface area contributed by atoms with E-state index in [0.717, 1.165) is 11.3 Å². The Morgan fingerprint density at radius 2 is 2.19 bits per heavy atom. The first-order valence-corrected chi connectivity index (χ1v) is 8.61. The van der Waals surface area contributed by atoms with E-state index < -0.39 is 10.8 Å². The number of carbonyl (C=O) groups is 1. The highest BCUT2D eigenvalue weighted by Gasteiger charge is 2.36. The van der Waals surface area contributed by atoms with Gasteiger partial charge in [-0.1, -0.05) is 19.1 Å². The summed E-state index contributed by atoms with van der Waals surface area (Å²) in [4.78, 5) is 14.0. The van der Waals surface area contributed by atoms with Crippen LogP contribution in [0.15, 0.2) is 24.3 Å². The van der Waals surface area contributed by atoms with Crippen LogP contribution in [0.25, 0.3) is 0 Å². The largest absolute Gasteiger partial charge is 0.497 e. The number of nitrogens with one attached hydrogen (secondary N) is 1. The predicted octanol–water partition coefficient (Wildman–Crippen LogP) is 1.28. The number of hydrogen-bond acceptors (Lipinski definition) is 4. The van der Waals surface area contributed by atoms with Gasteiger partial charge in [-0.25, -0.2) is 0 Å². The number of carbonyl (C=O) groups excluding carboxylic acids is 1. The lowest BCUT2D eigenvalue weighted by Crippen LogP contribution is -2.34. The molecular weight excluding hydrogens is 288 g/mol. The molecule has 5 nitrogen and oxygen atoms in total. The van der Waals surface area contributed by atoms with Crippen LogP contribution in [0.1, 0.15) is 25.6 Å². The molecule has 3 unspecified atom stereocenters. The predicted molar refractivity (Wildman–Crippen MR) is 83.6 cm³/mol. The van der Waals surface area contributed by atoms with Crippen molar-refractivity contribution >= 4 is 16.7 Å². The standard InChI is InChI=1S/C15H22N2O3S/c1-4-21(19)9-8-17-14(16-11(2)15(17)18)12-6-5-7-13(10-12)20-3/h5-7,10-11,14,16H,4,8-9H2,1-3H3. The molecule has 1 aliphatic rings. The van der Waals surface area contributed by atoms with Crippen LogP contribution in [-0.4, -0.2) is 46.2 Å². The minimum absolute atomic E-state index is 0.0518. The Kier molecular flexibility index (Phi) is 5.36. The molecule has 2 rings (SSSR count). The van der Waals surface area contributed by atoms with Gasteiger partial charge < -0.3 is 9.64 Å². The van der Waals surface area contributed by atoms with Gasteiger partial charge in [0.2, 0.25) is 5.91 Å². The molecule has 0 saturated carbocycles. The van der Waals surface area contributed by atoms with Crippen molar-refractivity contribution in [2.75, 3.05) is 25.2 Å². The first kappa shape index (κ1) is 16.0. The highest BCUT2D eigenvalue weighted by molar-refractivity contribution is 7.84. The van der Waals surface area contributed by atoms with Crippen molar-refractivity contribution in [2.45, 2.75) is 26.1 Å². The molecule has 21 heavy (non-hydrogen) atoms. The SMILES string of the molecule is CCS(=O)CCN1C(=O)C(C)NC1c1cccc(OC)c1. The van der Waals surface area contributed by atoms with Gasteiger partial charge in [0.15, 0.2) is 0 Å². The molecule has 6 heteroatoms. The zero-order chi connectivity index (χ0) is 15.4. The third kappa shape index (κ3) is 3.63. The Hall–Kier alpha value is -1.40. The molecule has 0 aromatic heterocycles. The normalized spacial score (nSPS) is 23.4. The Bertz CT molecular complexity index is 535. The maximum Gasteiger partial charge on any atom is 0.241 e. The second kappa shape index (κ2) is 7.04. The number of hydrogen-bond donors (Lipinski definition) is 1. The smallest absolute Gasteiger partial charge is 0.241 e. The lowest BCUT2D eigenvalue weighted by atomic mass is 10.1. The molecule has 1 saturated heterocycles. The number of amides is 1. The van der Waals surface area contributed by atoms with E-state index in [2.05, 4.69) is 5.32 Å². The molecule has 0 radical (unpaired) electrons.